The summed E-state index contributed by atoms with van der Waals surface area (Å²) in [5.41, 5.74) is 1.75. The molecule has 14 heavy (non-hydrogen) atoms. The minimum absolute atomic E-state index is 0.266. The fourth-order valence-electron chi connectivity index (χ4n) is 1.09. The third kappa shape index (κ3) is 3.12. The summed E-state index contributed by atoms with van der Waals surface area (Å²) in [6, 6.07) is 5.51. The van der Waals surface area contributed by atoms with Gasteiger partial charge in [-0.15, -0.1) is 0 Å². The summed E-state index contributed by atoms with van der Waals surface area (Å²) in [6.45, 7) is 2.82. The van der Waals surface area contributed by atoms with Crippen molar-refractivity contribution in [2.45, 2.75) is 13.3 Å². The van der Waals surface area contributed by atoms with Gasteiger partial charge in [0, 0.05) is 13.0 Å². The number of hydrogen-bond donors (Lipinski definition) is 2. The largest absolute Gasteiger partial charge is 0.507 e. The lowest BCUT2D eigenvalue weighted by atomic mass is 10.1. The van der Waals surface area contributed by atoms with E-state index >= 15 is 0 Å². The molecule has 0 fully saturated rings. The molecule has 0 bridgehead atoms. The van der Waals surface area contributed by atoms with Gasteiger partial charge in [0.2, 0.25) is 0 Å². The van der Waals surface area contributed by atoms with Crippen LogP contribution in [-0.2, 0) is 0 Å². The van der Waals surface area contributed by atoms with Gasteiger partial charge in [-0.25, -0.2) is 0 Å². The molecule has 0 spiro atoms. The van der Waals surface area contributed by atoms with Crippen molar-refractivity contribution in [3.05, 3.63) is 29.3 Å². The molecule has 0 saturated heterocycles. The van der Waals surface area contributed by atoms with E-state index in [1.807, 2.05) is 26.1 Å². The van der Waals surface area contributed by atoms with Crippen molar-refractivity contribution in [3.63, 3.8) is 0 Å². The van der Waals surface area contributed by atoms with Crippen LogP contribution in [-0.4, -0.2) is 18.7 Å². The van der Waals surface area contributed by atoms with Crippen molar-refractivity contribution < 1.29 is 5.11 Å². The average molecular weight is 189 g/mol. The summed E-state index contributed by atoms with van der Waals surface area (Å²) in [5, 5.41) is 12.5. The Labute approximate surface area is 85.0 Å². The predicted octanol–water partition coefficient (Wildman–Crippen LogP) is 1.66. The SMILES string of the molecule is CNCCC#Cc1ccc(C)cc1O. The monoisotopic (exact) mass is 189 g/mol. The van der Waals surface area contributed by atoms with Crippen LogP contribution in [0.5, 0.6) is 5.75 Å². The summed E-state index contributed by atoms with van der Waals surface area (Å²) in [6.07, 6.45) is 0.795. The van der Waals surface area contributed by atoms with Gasteiger partial charge in [0.1, 0.15) is 5.75 Å². The lowest BCUT2D eigenvalue weighted by molar-refractivity contribution is 0.473. The highest BCUT2D eigenvalue weighted by Gasteiger charge is 1.95. The highest BCUT2D eigenvalue weighted by molar-refractivity contribution is 5.46. The van der Waals surface area contributed by atoms with E-state index in [1.165, 1.54) is 0 Å². The Morgan fingerprint density at radius 1 is 1.43 bits per heavy atom. The second-order valence-electron chi connectivity index (χ2n) is 3.18. The topological polar surface area (TPSA) is 32.3 Å². The van der Waals surface area contributed by atoms with E-state index in [9.17, 15) is 5.11 Å². The van der Waals surface area contributed by atoms with E-state index in [1.54, 1.807) is 6.07 Å². The van der Waals surface area contributed by atoms with Crippen LogP contribution in [0.15, 0.2) is 18.2 Å². The van der Waals surface area contributed by atoms with Gasteiger partial charge < -0.3 is 10.4 Å². The van der Waals surface area contributed by atoms with Gasteiger partial charge in [-0.2, -0.15) is 0 Å². The molecule has 0 saturated carbocycles. The van der Waals surface area contributed by atoms with Crippen molar-refractivity contribution in [2.75, 3.05) is 13.6 Å². The lowest BCUT2D eigenvalue weighted by Gasteiger charge is -1.97. The number of benzene rings is 1. The molecule has 0 aromatic heterocycles. The molecule has 0 radical (unpaired) electrons. The van der Waals surface area contributed by atoms with Crippen molar-refractivity contribution in [1.82, 2.24) is 5.32 Å². The maximum absolute atomic E-state index is 9.53. The fraction of sp³-hybridized carbons (Fsp3) is 0.333. The summed E-state index contributed by atoms with van der Waals surface area (Å²) in [4.78, 5) is 0. The Hall–Kier alpha value is -1.46. The second kappa shape index (κ2) is 5.31. The first-order valence-corrected chi connectivity index (χ1v) is 4.67. The number of hydrogen-bond acceptors (Lipinski definition) is 2. The Balaban J connectivity index is 2.70. The highest BCUT2D eigenvalue weighted by Crippen LogP contribution is 2.16. The molecule has 2 N–H and O–H groups in total. The van der Waals surface area contributed by atoms with Gasteiger partial charge in [-0.3, -0.25) is 0 Å². The molecule has 0 aliphatic carbocycles. The molecule has 0 atom stereocenters. The number of phenols is 1. The van der Waals surface area contributed by atoms with Gasteiger partial charge in [-0.1, -0.05) is 17.9 Å². The molecule has 1 aromatic rings. The number of nitrogens with one attached hydrogen (secondary N) is 1. The molecule has 2 nitrogen and oxygen atoms in total. The maximum atomic E-state index is 9.53. The zero-order valence-corrected chi connectivity index (χ0v) is 8.59. The average Bonchev–Trinajstić information content (AvgIpc) is 2.15. The summed E-state index contributed by atoms with van der Waals surface area (Å²) < 4.78 is 0. The molecule has 0 unspecified atom stereocenters. The number of aryl methyl sites for hydroxylation is 1. The summed E-state index contributed by atoms with van der Waals surface area (Å²) >= 11 is 0. The molecule has 0 heterocycles. The van der Waals surface area contributed by atoms with Crippen LogP contribution < -0.4 is 5.32 Å². The van der Waals surface area contributed by atoms with Crippen LogP contribution in [0.1, 0.15) is 17.5 Å². The van der Waals surface area contributed by atoms with Crippen LogP contribution in [0.25, 0.3) is 0 Å². The summed E-state index contributed by atoms with van der Waals surface area (Å²) in [7, 11) is 1.89. The molecule has 2 heteroatoms. The first kappa shape index (κ1) is 10.6. The van der Waals surface area contributed by atoms with Crippen molar-refractivity contribution in [2.24, 2.45) is 0 Å². The molecule has 0 aliphatic rings. The van der Waals surface area contributed by atoms with Gasteiger partial charge in [0.15, 0.2) is 0 Å². The standard InChI is InChI=1S/C12H15NO/c1-10-6-7-11(12(14)9-10)5-3-4-8-13-2/h6-7,9,13-14H,4,8H2,1-2H3. The van der Waals surface area contributed by atoms with Crippen LogP contribution >= 0.6 is 0 Å². The lowest BCUT2D eigenvalue weighted by Crippen LogP contribution is -2.05. The zero-order valence-electron chi connectivity index (χ0n) is 8.59. The second-order valence-corrected chi connectivity index (χ2v) is 3.18. The van der Waals surface area contributed by atoms with E-state index < -0.39 is 0 Å². The van der Waals surface area contributed by atoms with Gasteiger partial charge in [0.05, 0.1) is 5.56 Å². The summed E-state index contributed by atoms with van der Waals surface area (Å²) in [5.74, 6) is 6.19. The molecule has 0 amide bonds. The Morgan fingerprint density at radius 2 is 2.21 bits per heavy atom. The minimum Gasteiger partial charge on any atom is -0.507 e. The van der Waals surface area contributed by atoms with Crippen LogP contribution in [0.3, 0.4) is 0 Å². The van der Waals surface area contributed by atoms with E-state index in [4.69, 9.17) is 0 Å². The van der Waals surface area contributed by atoms with Crippen molar-refractivity contribution >= 4 is 0 Å². The normalized spacial score (nSPS) is 9.29. The number of rotatable bonds is 2. The highest BCUT2D eigenvalue weighted by atomic mass is 16.3. The molecular weight excluding hydrogens is 174 g/mol. The Morgan fingerprint density at radius 3 is 2.86 bits per heavy atom. The maximum Gasteiger partial charge on any atom is 0.131 e. The van der Waals surface area contributed by atoms with E-state index in [0.717, 1.165) is 18.5 Å². The van der Waals surface area contributed by atoms with Crippen molar-refractivity contribution in [3.8, 4) is 17.6 Å². The Kier molecular flexibility index (Phi) is 4.03. The third-order valence-corrected chi connectivity index (χ3v) is 1.88. The minimum atomic E-state index is 0.266. The first-order valence-electron chi connectivity index (χ1n) is 4.67. The number of phenolic OH excluding ortho intramolecular Hbond substituents is 1. The van der Waals surface area contributed by atoms with Crippen LogP contribution in [0.2, 0.25) is 0 Å². The molecule has 1 rings (SSSR count). The van der Waals surface area contributed by atoms with E-state index in [2.05, 4.69) is 17.2 Å². The first-order chi connectivity index (χ1) is 6.74. The van der Waals surface area contributed by atoms with Gasteiger partial charge in [0.25, 0.3) is 0 Å². The van der Waals surface area contributed by atoms with Crippen LogP contribution in [0, 0.1) is 18.8 Å². The van der Waals surface area contributed by atoms with Crippen molar-refractivity contribution in [1.29, 1.82) is 0 Å². The van der Waals surface area contributed by atoms with E-state index in [-0.39, 0.29) is 5.75 Å². The number of aromatic hydroxyl groups is 1. The molecule has 1 aromatic carbocycles. The molecule has 0 aliphatic heterocycles. The molecule has 74 valence electrons. The van der Waals surface area contributed by atoms with Gasteiger partial charge >= 0.3 is 0 Å². The van der Waals surface area contributed by atoms with Gasteiger partial charge in [-0.05, 0) is 31.7 Å². The van der Waals surface area contributed by atoms with Crippen LogP contribution in [0.4, 0.5) is 0 Å². The predicted molar refractivity (Wildman–Crippen MR) is 58.3 cm³/mol. The fourth-order valence-corrected chi connectivity index (χ4v) is 1.09. The van der Waals surface area contributed by atoms with E-state index in [0.29, 0.717) is 5.56 Å². The quantitative estimate of drug-likeness (QED) is 0.548. The Bertz CT molecular complexity index is 360. The smallest absolute Gasteiger partial charge is 0.131 e. The third-order valence-electron chi connectivity index (χ3n) is 1.88. The molecular formula is C12H15NO. The zero-order chi connectivity index (χ0) is 10.4.